The molecule has 2 nitrogen and oxygen atoms in total. The van der Waals surface area contributed by atoms with Gasteiger partial charge in [0.15, 0.2) is 4.67 Å². The Morgan fingerprint density at radius 1 is 1.19 bits per heavy atom. The van der Waals surface area contributed by atoms with E-state index in [9.17, 15) is 0 Å². The molecule has 1 atom stereocenters. The summed E-state index contributed by atoms with van der Waals surface area (Å²) in [5, 5.41) is 3.27. The van der Waals surface area contributed by atoms with Gasteiger partial charge >= 0.3 is 0 Å². The average molecular weight is 280 g/mol. The van der Waals surface area contributed by atoms with Gasteiger partial charge in [-0.05, 0) is 47.1 Å². The molecular weight excluding hydrogens is 266 g/mol. The molecule has 1 aromatic heterocycles. The number of halogens is 1. The number of likely N-dealkylation sites (N-methyl/N-ethyl adjacent to an activating group) is 1. The molecule has 84 valence electrons. The fourth-order valence-corrected chi connectivity index (χ4v) is 2.03. The molecule has 1 unspecified atom stereocenters. The predicted molar refractivity (Wildman–Crippen MR) is 68.4 cm³/mol. The largest absolute Gasteiger partial charge is 0.453 e. The lowest BCUT2D eigenvalue weighted by molar-refractivity contribution is 0.417. The van der Waals surface area contributed by atoms with Crippen LogP contribution >= 0.6 is 15.9 Å². The van der Waals surface area contributed by atoms with Crippen LogP contribution in [0.25, 0.3) is 0 Å². The first-order valence-corrected chi connectivity index (χ1v) is 6.05. The third-order valence-corrected chi connectivity index (χ3v) is 2.99. The Morgan fingerprint density at radius 2 is 1.94 bits per heavy atom. The first-order chi connectivity index (χ1) is 7.79. The molecule has 1 aromatic carbocycles. The van der Waals surface area contributed by atoms with Crippen molar-refractivity contribution in [2.24, 2.45) is 0 Å². The fraction of sp³-hybridized carbons (Fsp3) is 0.231. The monoisotopic (exact) mass is 279 g/mol. The molecule has 0 amide bonds. The van der Waals surface area contributed by atoms with Crippen molar-refractivity contribution in [3.05, 3.63) is 58.5 Å². The van der Waals surface area contributed by atoms with E-state index < -0.39 is 0 Å². The Labute approximate surface area is 104 Å². The van der Waals surface area contributed by atoms with Gasteiger partial charge in [0, 0.05) is 0 Å². The first-order valence-electron chi connectivity index (χ1n) is 5.26. The molecular formula is C13H14BrNO. The molecule has 1 heterocycles. The van der Waals surface area contributed by atoms with Crippen LogP contribution in [0.4, 0.5) is 0 Å². The van der Waals surface area contributed by atoms with E-state index in [0.717, 1.165) is 16.9 Å². The second kappa shape index (κ2) is 5.32. The number of hydrogen-bond acceptors (Lipinski definition) is 2. The molecule has 2 aromatic rings. The predicted octanol–water partition coefficient (Wildman–Crippen LogP) is 3.55. The zero-order chi connectivity index (χ0) is 11.4. The maximum absolute atomic E-state index is 5.56. The molecule has 0 aliphatic rings. The maximum Gasteiger partial charge on any atom is 0.169 e. The quantitative estimate of drug-likeness (QED) is 0.926. The highest BCUT2D eigenvalue weighted by molar-refractivity contribution is 9.10. The van der Waals surface area contributed by atoms with Crippen molar-refractivity contribution in [2.45, 2.75) is 12.5 Å². The van der Waals surface area contributed by atoms with Gasteiger partial charge < -0.3 is 9.73 Å². The van der Waals surface area contributed by atoms with Crippen molar-refractivity contribution in [1.82, 2.24) is 5.32 Å². The number of rotatable bonds is 4. The zero-order valence-corrected chi connectivity index (χ0v) is 10.7. The molecule has 2 rings (SSSR count). The fourth-order valence-electron chi connectivity index (χ4n) is 1.71. The van der Waals surface area contributed by atoms with Crippen molar-refractivity contribution in [3.63, 3.8) is 0 Å². The van der Waals surface area contributed by atoms with Crippen molar-refractivity contribution in [2.75, 3.05) is 7.05 Å². The smallest absolute Gasteiger partial charge is 0.169 e. The van der Waals surface area contributed by atoms with Gasteiger partial charge in [-0.3, -0.25) is 0 Å². The summed E-state index contributed by atoms with van der Waals surface area (Å²) in [6.45, 7) is 0. The van der Waals surface area contributed by atoms with Crippen molar-refractivity contribution >= 4 is 15.9 Å². The van der Waals surface area contributed by atoms with Gasteiger partial charge in [0.05, 0.1) is 6.04 Å². The van der Waals surface area contributed by atoms with Crippen LogP contribution in [0.3, 0.4) is 0 Å². The van der Waals surface area contributed by atoms with E-state index in [2.05, 4.69) is 45.5 Å². The summed E-state index contributed by atoms with van der Waals surface area (Å²) in [7, 11) is 1.95. The van der Waals surface area contributed by atoms with Gasteiger partial charge in [-0.2, -0.15) is 0 Å². The van der Waals surface area contributed by atoms with Crippen LogP contribution in [0.5, 0.6) is 0 Å². The number of hydrogen-bond donors (Lipinski definition) is 1. The Hall–Kier alpha value is -1.06. The third-order valence-electron chi connectivity index (χ3n) is 2.57. The van der Waals surface area contributed by atoms with Crippen LogP contribution < -0.4 is 5.32 Å². The molecule has 0 saturated carbocycles. The van der Waals surface area contributed by atoms with E-state index in [1.807, 2.05) is 25.2 Å². The second-order valence-electron chi connectivity index (χ2n) is 3.67. The van der Waals surface area contributed by atoms with E-state index in [0.29, 0.717) is 0 Å². The summed E-state index contributed by atoms with van der Waals surface area (Å²) < 4.78 is 6.34. The normalized spacial score (nSPS) is 12.6. The average Bonchev–Trinajstić information content (AvgIpc) is 2.74. The van der Waals surface area contributed by atoms with Gasteiger partial charge in [-0.25, -0.2) is 0 Å². The summed E-state index contributed by atoms with van der Waals surface area (Å²) in [4.78, 5) is 0. The molecule has 0 fully saturated rings. The minimum atomic E-state index is 0.216. The Kier molecular flexibility index (Phi) is 3.80. The van der Waals surface area contributed by atoms with Crippen molar-refractivity contribution in [1.29, 1.82) is 0 Å². The summed E-state index contributed by atoms with van der Waals surface area (Å²) in [6.07, 6.45) is 0.928. The first kappa shape index (κ1) is 11.4. The van der Waals surface area contributed by atoms with Gasteiger partial charge in [-0.15, -0.1) is 0 Å². The highest BCUT2D eigenvalue weighted by Gasteiger charge is 2.13. The highest BCUT2D eigenvalue weighted by Crippen LogP contribution is 2.23. The zero-order valence-electron chi connectivity index (χ0n) is 9.11. The minimum Gasteiger partial charge on any atom is -0.453 e. The van der Waals surface area contributed by atoms with Gasteiger partial charge in [-0.1, -0.05) is 30.3 Å². The molecule has 16 heavy (non-hydrogen) atoms. The Balaban J connectivity index is 2.12. The van der Waals surface area contributed by atoms with E-state index >= 15 is 0 Å². The summed E-state index contributed by atoms with van der Waals surface area (Å²) in [5.74, 6) is 0.957. The van der Waals surface area contributed by atoms with E-state index in [4.69, 9.17) is 4.42 Å². The SMILES string of the molecule is CNC(Cc1ccccc1)c1ccc(Br)o1. The molecule has 0 radical (unpaired) electrons. The van der Waals surface area contributed by atoms with Crippen LogP contribution in [0.2, 0.25) is 0 Å². The molecule has 0 aliphatic heterocycles. The van der Waals surface area contributed by atoms with Crippen LogP contribution in [0, 0.1) is 0 Å². The van der Waals surface area contributed by atoms with E-state index in [-0.39, 0.29) is 6.04 Å². The van der Waals surface area contributed by atoms with Crippen LogP contribution in [0.1, 0.15) is 17.4 Å². The van der Waals surface area contributed by atoms with Gasteiger partial charge in [0.2, 0.25) is 0 Å². The lowest BCUT2D eigenvalue weighted by Gasteiger charge is -2.13. The van der Waals surface area contributed by atoms with Crippen LogP contribution in [0.15, 0.2) is 51.6 Å². The standard InChI is InChI=1S/C13H14BrNO/c1-15-11(12-7-8-13(14)16-12)9-10-5-3-2-4-6-10/h2-8,11,15H,9H2,1H3. The van der Waals surface area contributed by atoms with Gasteiger partial charge in [0.1, 0.15) is 5.76 Å². The molecule has 0 spiro atoms. The third kappa shape index (κ3) is 2.74. The summed E-state index contributed by atoms with van der Waals surface area (Å²) >= 11 is 3.32. The number of nitrogens with one attached hydrogen (secondary N) is 1. The van der Waals surface area contributed by atoms with Gasteiger partial charge in [0.25, 0.3) is 0 Å². The Bertz CT molecular complexity index is 438. The lowest BCUT2D eigenvalue weighted by Crippen LogP contribution is -2.18. The highest BCUT2D eigenvalue weighted by atomic mass is 79.9. The molecule has 1 N–H and O–H groups in total. The summed E-state index contributed by atoms with van der Waals surface area (Å²) in [5.41, 5.74) is 1.30. The van der Waals surface area contributed by atoms with E-state index in [1.54, 1.807) is 0 Å². The molecule has 3 heteroatoms. The number of benzene rings is 1. The summed E-state index contributed by atoms with van der Waals surface area (Å²) in [6, 6.07) is 14.5. The Morgan fingerprint density at radius 3 is 2.50 bits per heavy atom. The number of furan rings is 1. The van der Waals surface area contributed by atoms with Crippen LogP contribution in [-0.4, -0.2) is 7.05 Å². The maximum atomic E-state index is 5.56. The second-order valence-corrected chi connectivity index (χ2v) is 4.45. The molecule has 0 bridgehead atoms. The molecule has 0 aliphatic carbocycles. The molecule has 0 saturated heterocycles. The topological polar surface area (TPSA) is 25.2 Å². The van der Waals surface area contributed by atoms with Crippen molar-refractivity contribution < 1.29 is 4.42 Å². The van der Waals surface area contributed by atoms with Crippen LogP contribution in [-0.2, 0) is 6.42 Å². The van der Waals surface area contributed by atoms with Crippen molar-refractivity contribution in [3.8, 4) is 0 Å². The lowest BCUT2D eigenvalue weighted by atomic mass is 10.0. The van der Waals surface area contributed by atoms with E-state index in [1.165, 1.54) is 5.56 Å². The minimum absolute atomic E-state index is 0.216.